The molecule has 13 heavy (non-hydrogen) atoms. The van der Waals surface area contributed by atoms with Crippen LogP contribution in [0.4, 0.5) is 0 Å². The van der Waals surface area contributed by atoms with Crippen molar-refractivity contribution in [2.45, 2.75) is 13.3 Å². The average Bonchev–Trinajstić information content (AvgIpc) is 2.49. The van der Waals surface area contributed by atoms with Gasteiger partial charge in [-0.15, -0.1) is 0 Å². The van der Waals surface area contributed by atoms with E-state index in [4.69, 9.17) is 5.73 Å². The molecule has 0 aliphatic heterocycles. The molecule has 2 aromatic heterocycles. The van der Waals surface area contributed by atoms with Crippen LogP contribution in [0.15, 0.2) is 12.3 Å². The molecule has 0 saturated carbocycles. The first-order chi connectivity index (χ1) is 6.31. The minimum Gasteiger partial charge on any atom is -0.340 e. The molecule has 0 amide bonds. The van der Waals surface area contributed by atoms with Crippen LogP contribution in [0.5, 0.6) is 0 Å². The topological polar surface area (TPSA) is 67.6 Å². The van der Waals surface area contributed by atoms with E-state index in [0.717, 1.165) is 23.4 Å². The molecule has 2 heterocycles. The number of fused-ring (bicyclic) bond motifs is 1. The number of nitrogens with one attached hydrogen (secondary N) is 1. The van der Waals surface area contributed by atoms with Gasteiger partial charge >= 0.3 is 0 Å². The van der Waals surface area contributed by atoms with Crippen LogP contribution in [0.1, 0.15) is 11.4 Å². The Bertz CT molecular complexity index is 418. The van der Waals surface area contributed by atoms with Crippen LogP contribution in [0.3, 0.4) is 0 Å². The van der Waals surface area contributed by atoms with E-state index >= 15 is 0 Å². The number of nitrogens with two attached hydrogens (primary N) is 1. The van der Waals surface area contributed by atoms with E-state index in [-0.39, 0.29) is 0 Å². The summed E-state index contributed by atoms with van der Waals surface area (Å²) < 4.78 is 0. The molecule has 0 aliphatic carbocycles. The maximum atomic E-state index is 5.44. The highest BCUT2D eigenvalue weighted by Crippen LogP contribution is 2.12. The standard InChI is InChI=1S/C9H12N4/c1-6-3-5-11-9-8(6)12-7(13-9)2-4-10/h3,5H,2,4,10H2,1H3,(H,11,12,13). The van der Waals surface area contributed by atoms with E-state index in [9.17, 15) is 0 Å². The third-order valence-electron chi connectivity index (χ3n) is 2.03. The van der Waals surface area contributed by atoms with Gasteiger partial charge in [-0.3, -0.25) is 0 Å². The first kappa shape index (κ1) is 8.19. The molecule has 2 aromatic rings. The fourth-order valence-electron chi connectivity index (χ4n) is 1.34. The largest absolute Gasteiger partial charge is 0.340 e. The zero-order chi connectivity index (χ0) is 9.26. The van der Waals surface area contributed by atoms with E-state index < -0.39 is 0 Å². The van der Waals surface area contributed by atoms with Gasteiger partial charge in [-0.2, -0.15) is 0 Å². The van der Waals surface area contributed by atoms with Gasteiger partial charge in [-0.25, -0.2) is 9.97 Å². The number of H-pyrrole nitrogens is 1. The number of hydrogen-bond acceptors (Lipinski definition) is 3. The summed E-state index contributed by atoms with van der Waals surface area (Å²) in [5.74, 6) is 0.916. The van der Waals surface area contributed by atoms with Crippen molar-refractivity contribution in [1.82, 2.24) is 15.0 Å². The molecule has 0 aromatic carbocycles. The number of aromatic nitrogens is 3. The lowest BCUT2D eigenvalue weighted by molar-refractivity contribution is 0.899. The predicted octanol–water partition coefficient (Wildman–Crippen LogP) is 0.768. The summed E-state index contributed by atoms with van der Waals surface area (Å²) >= 11 is 0. The van der Waals surface area contributed by atoms with E-state index in [1.807, 2.05) is 13.0 Å². The Kier molecular flexibility index (Phi) is 1.98. The van der Waals surface area contributed by atoms with Crippen LogP contribution in [0.25, 0.3) is 11.2 Å². The molecule has 0 radical (unpaired) electrons. The lowest BCUT2D eigenvalue weighted by Gasteiger charge is -1.91. The SMILES string of the molecule is Cc1ccnc2nc(CCN)[nH]c12. The Morgan fingerprint density at radius 3 is 3.08 bits per heavy atom. The Hall–Kier alpha value is -1.42. The normalized spacial score (nSPS) is 10.9. The van der Waals surface area contributed by atoms with Crippen LogP contribution in [0, 0.1) is 6.92 Å². The van der Waals surface area contributed by atoms with Crippen molar-refractivity contribution in [3.8, 4) is 0 Å². The van der Waals surface area contributed by atoms with E-state index in [2.05, 4.69) is 15.0 Å². The van der Waals surface area contributed by atoms with Crippen molar-refractivity contribution >= 4 is 11.2 Å². The van der Waals surface area contributed by atoms with Gasteiger partial charge in [-0.1, -0.05) is 0 Å². The van der Waals surface area contributed by atoms with Gasteiger partial charge in [0.05, 0.1) is 5.52 Å². The maximum Gasteiger partial charge on any atom is 0.177 e. The second kappa shape index (κ2) is 3.14. The van der Waals surface area contributed by atoms with Crippen LogP contribution >= 0.6 is 0 Å². The van der Waals surface area contributed by atoms with Gasteiger partial charge in [-0.05, 0) is 25.1 Å². The number of rotatable bonds is 2. The van der Waals surface area contributed by atoms with Gasteiger partial charge in [0.25, 0.3) is 0 Å². The zero-order valence-corrected chi connectivity index (χ0v) is 7.54. The molecule has 0 bridgehead atoms. The molecule has 0 spiro atoms. The summed E-state index contributed by atoms with van der Waals surface area (Å²) in [4.78, 5) is 11.7. The highest BCUT2D eigenvalue weighted by molar-refractivity contribution is 5.74. The fraction of sp³-hybridized carbons (Fsp3) is 0.333. The Morgan fingerprint density at radius 2 is 2.38 bits per heavy atom. The third-order valence-corrected chi connectivity index (χ3v) is 2.03. The highest BCUT2D eigenvalue weighted by Gasteiger charge is 2.03. The summed E-state index contributed by atoms with van der Waals surface area (Å²) in [5, 5.41) is 0. The van der Waals surface area contributed by atoms with Crippen molar-refractivity contribution in [2.24, 2.45) is 5.73 Å². The monoisotopic (exact) mass is 176 g/mol. The number of hydrogen-bond donors (Lipinski definition) is 2. The Morgan fingerprint density at radius 1 is 1.54 bits per heavy atom. The van der Waals surface area contributed by atoms with Gasteiger partial charge in [0.15, 0.2) is 5.65 Å². The molecule has 0 aliphatic rings. The Labute approximate surface area is 76.2 Å². The summed E-state index contributed by atoms with van der Waals surface area (Å²) in [7, 11) is 0. The van der Waals surface area contributed by atoms with Crippen LogP contribution in [-0.4, -0.2) is 21.5 Å². The summed E-state index contributed by atoms with van der Waals surface area (Å²) in [6, 6.07) is 1.97. The molecular formula is C9H12N4. The van der Waals surface area contributed by atoms with Crippen molar-refractivity contribution in [2.75, 3.05) is 6.54 Å². The minimum absolute atomic E-state index is 0.610. The molecule has 4 nitrogen and oxygen atoms in total. The lowest BCUT2D eigenvalue weighted by atomic mass is 10.3. The van der Waals surface area contributed by atoms with Gasteiger partial charge in [0.2, 0.25) is 0 Å². The molecule has 0 atom stereocenters. The Balaban J connectivity index is 2.55. The predicted molar refractivity (Wildman–Crippen MR) is 51.4 cm³/mol. The summed E-state index contributed by atoms with van der Waals surface area (Å²) in [5.41, 5.74) is 8.41. The van der Waals surface area contributed by atoms with Gasteiger partial charge < -0.3 is 10.7 Å². The minimum atomic E-state index is 0.610. The zero-order valence-electron chi connectivity index (χ0n) is 7.54. The second-order valence-electron chi connectivity index (χ2n) is 3.05. The van der Waals surface area contributed by atoms with Crippen molar-refractivity contribution < 1.29 is 0 Å². The maximum absolute atomic E-state index is 5.44. The molecule has 0 fully saturated rings. The van der Waals surface area contributed by atoms with Gasteiger partial charge in [0, 0.05) is 12.6 Å². The van der Waals surface area contributed by atoms with Crippen LogP contribution in [0.2, 0.25) is 0 Å². The molecular weight excluding hydrogens is 164 g/mol. The fourth-order valence-corrected chi connectivity index (χ4v) is 1.34. The van der Waals surface area contributed by atoms with E-state index in [0.29, 0.717) is 6.54 Å². The quantitative estimate of drug-likeness (QED) is 0.710. The molecule has 4 heteroatoms. The molecule has 2 rings (SSSR count). The molecule has 0 unspecified atom stereocenters. The van der Waals surface area contributed by atoms with Crippen LogP contribution in [-0.2, 0) is 6.42 Å². The average molecular weight is 176 g/mol. The highest BCUT2D eigenvalue weighted by atomic mass is 15.0. The number of aryl methyl sites for hydroxylation is 1. The number of pyridine rings is 1. The lowest BCUT2D eigenvalue weighted by Crippen LogP contribution is -2.03. The molecule has 68 valence electrons. The first-order valence-electron chi connectivity index (χ1n) is 4.31. The smallest absolute Gasteiger partial charge is 0.177 e. The summed E-state index contributed by atoms with van der Waals surface area (Å²) in [6.07, 6.45) is 2.54. The van der Waals surface area contributed by atoms with Crippen molar-refractivity contribution in [1.29, 1.82) is 0 Å². The second-order valence-corrected chi connectivity index (χ2v) is 3.05. The van der Waals surface area contributed by atoms with E-state index in [1.165, 1.54) is 5.56 Å². The van der Waals surface area contributed by atoms with Crippen molar-refractivity contribution in [3.63, 3.8) is 0 Å². The number of aromatic amines is 1. The number of imidazole rings is 1. The number of nitrogens with zero attached hydrogens (tertiary/aromatic N) is 2. The molecule has 0 saturated heterocycles. The first-order valence-corrected chi connectivity index (χ1v) is 4.31. The van der Waals surface area contributed by atoms with Gasteiger partial charge in [0.1, 0.15) is 5.82 Å². The third kappa shape index (κ3) is 1.40. The van der Waals surface area contributed by atoms with E-state index in [1.54, 1.807) is 6.20 Å². The molecule has 3 N–H and O–H groups in total. The van der Waals surface area contributed by atoms with Crippen molar-refractivity contribution in [3.05, 3.63) is 23.7 Å². The van der Waals surface area contributed by atoms with Crippen LogP contribution < -0.4 is 5.73 Å². The summed E-state index contributed by atoms with van der Waals surface area (Å²) in [6.45, 7) is 2.65.